The molecule has 1 aromatic carbocycles. The van der Waals surface area contributed by atoms with E-state index in [0.29, 0.717) is 32.4 Å². The van der Waals surface area contributed by atoms with Crippen molar-refractivity contribution in [1.29, 1.82) is 0 Å². The van der Waals surface area contributed by atoms with E-state index >= 15 is 0 Å². The zero-order valence-electron chi connectivity index (χ0n) is 14.7. The minimum Gasteiger partial charge on any atom is -0.343 e. The maximum absolute atomic E-state index is 13.1. The number of sulfonamides is 1. The van der Waals surface area contributed by atoms with Crippen LogP contribution in [0, 0.1) is 5.92 Å². The first kappa shape index (κ1) is 20.7. The van der Waals surface area contributed by atoms with Crippen LogP contribution < -0.4 is 4.72 Å². The first-order valence-electron chi connectivity index (χ1n) is 8.47. The van der Waals surface area contributed by atoms with E-state index in [-0.39, 0.29) is 11.8 Å². The molecule has 0 saturated carbocycles. The molecule has 0 atom stereocenters. The van der Waals surface area contributed by atoms with Gasteiger partial charge in [0.15, 0.2) is 0 Å². The Labute approximate surface area is 151 Å². The van der Waals surface area contributed by atoms with Crippen molar-refractivity contribution in [1.82, 2.24) is 9.62 Å². The van der Waals surface area contributed by atoms with Gasteiger partial charge in [-0.1, -0.05) is 26.0 Å². The molecule has 1 aromatic rings. The Bertz CT molecular complexity index is 740. The molecule has 5 nitrogen and oxygen atoms in total. The summed E-state index contributed by atoms with van der Waals surface area (Å²) in [7, 11) is -4.30. The van der Waals surface area contributed by atoms with E-state index in [0.717, 1.165) is 18.2 Å². The standard InChI is InChI=1S/C17H23F3N2O3S/c1-12(2)11-16(23)22-9-7-13(8-10-22)21-26(24,25)15-6-4-3-5-14(15)17(18,19)20/h3-6,12-13,21H,7-11H2,1-2H3. The van der Waals surface area contributed by atoms with Gasteiger partial charge in [0.2, 0.25) is 15.9 Å². The second-order valence-corrected chi connectivity index (χ2v) is 8.55. The van der Waals surface area contributed by atoms with E-state index in [2.05, 4.69) is 4.72 Å². The van der Waals surface area contributed by atoms with Crippen LogP contribution in [-0.2, 0) is 21.0 Å². The van der Waals surface area contributed by atoms with Gasteiger partial charge in [0.05, 0.1) is 10.5 Å². The van der Waals surface area contributed by atoms with Gasteiger partial charge in [-0.25, -0.2) is 13.1 Å². The van der Waals surface area contributed by atoms with Gasteiger partial charge in [-0.3, -0.25) is 4.79 Å². The van der Waals surface area contributed by atoms with Gasteiger partial charge in [-0.05, 0) is 30.9 Å². The molecule has 1 fully saturated rings. The second-order valence-electron chi connectivity index (χ2n) is 6.87. The molecule has 0 spiro atoms. The summed E-state index contributed by atoms with van der Waals surface area (Å²) in [4.78, 5) is 12.9. The second kappa shape index (κ2) is 7.96. The predicted molar refractivity (Wildman–Crippen MR) is 90.8 cm³/mol. The summed E-state index contributed by atoms with van der Waals surface area (Å²) in [6, 6.07) is 3.62. The third kappa shape index (κ3) is 5.20. The summed E-state index contributed by atoms with van der Waals surface area (Å²) in [6.07, 6.45) is -3.58. The van der Waals surface area contributed by atoms with Gasteiger partial charge < -0.3 is 4.90 Å². The predicted octanol–water partition coefficient (Wildman–Crippen LogP) is 3.02. The van der Waals surface area contributed by atoms with Gasteiger partial charge in [-0.2, -0.15) is 13.2 Å². The molecule has 1 aliphatic heterocycles. The van der Waals surface area contributed by atoms with Crippen LogP contribution in [0.5, 0.6) is 0 Å². The fourth-order valence-electron chi connectivity index (χ4n) is 2.94. The molecule has 1 heterocycles. The number of rotatable bonds is 5. The number of carbonyl (C=O) groups excluding carboxylic acids is 1. The molecule has 0 radical (unpaired) electrons. The van der Waals surface area contributed by atoms with E-state index in [1.54, 1.807) is 4.90 Å². The molecule has 0 aliphatic carbocycles. The fourth-order valence-corrected chi connectivity index (χ4v) is 4.48. The molecule has 1 amide bonds. The largest absolute Gasteiger partial charge is 0.417 e. The van der Waals surface area contributed by atoms with Crippen molar-refractivity contribution in [2.45, 2.75) is 50.2 Å². The van der Waals surface area contributed by atoms with Crippen LogP contribution in [0.2, 0.25) is 0 Å². The summed E-state index contributed by atoms with van der Waals surface area (Å²) in [5.41, 5.74) is -1.18. The lowest BCUT2D eigenvalue weighted by molar-refractivity contribution is -0.140. The molecule has 2 rings (SSSR count). The molecular weight excluding hydrogens is 369 g/mol. The van der Waals surface area contributed by atoms with Gasteiger partial charge >= 0.3 is 6.18 Å². The van der Waals surface area contributed by atoms with Gasteiger partial charge in [0, 0.05) is 25.6 Å². The minimum absolute atomic E-state index is 0.0173. The average molecular weight is 392 g/mol. The maximum Gasteiger partial charge on any atom is 0.417 e. The van der Waals surface area contributed by atoms with Crippen LogP contribution in [0.1, 0.15) is 38.7 Å². The number of hydrogen-bond acceptors (Lipinski definition) is 3. The Balaban J connectivity index is 2.05. The molecule has 0 bridgehead atoms. The van der Waals surface area contributed by atoms with Crippen LogP contribution in [-0.4, -0.2) is 38.4 Å². The number of amides is 1. The highest BCUT2D eigenvalue weighted by Gasteiger charge is 2.37. The molecule has 9 heteroatoms. The molecule has 1 saturated heterocycles. The van der Waals surface area contributed by atoms with Crippen molar-refractivity contribution in [2.24, 2.45) is 5.92 Å². The zero-order chi connectivity index (χ0) is 19.5. The number of carbonyl (C=O) groups is 1. The number of nitrogens with one attached hydrogen (secondary N) is 1. The lowest BCUT2D eigenvalue weighted by atomic mass is 10.0. The Morgan fingerprint density at radius 3 is 2.35 bits per heavy atom. The molecule has 0 aromatic heterocycles. The number of alkyl halides is 3. The van der Waals surface area contributed by atoms with Crippen molar-refractivity contribution < 1.29 is 26.4 Å². The molecule has 0 unspecified atom stereocenters. The quantitative estimate of drug-likeness (QED) is 0.838. The van der Waals surface area contributed by atoms with E-state index in [4.69, 9.17) is 0 Å². The average Bonchev–Trinajstić information content (AvgIpc) is 2.53. The fraction of sp³-hybridized carbons (Fsp3) is 0.588. The summed E-state index contributed by atoms with van der Waals surface area (Å²) in [6.45, 7) is 4.66. The SMILES string of the molecule is CC(C)CC(=O)N1CCC(NS(=O)(=O)c2ccccc2C(F)(F)F)CC1. The lowest BCUT2D eigenvalue weighted by Gasteiger charge is -2.32. The highest BCUT2D eigenvalue weighted by Crippen LogP contribution is 2.34. The van der Waals surface area contributed by atoms with Crippen LogP contribution in [0.3, 0.4) is 0 Å². The summed E-state index contributed by atoms with van der Waals surface area (Å²) in [5, 5.41) is 0. The van der Waals surface area contributed by atoms with Crippen LogP contribution >= 0.6 is 0 Å². The zero-order valence-corrected chi connectivity index (χ0v) is 15.5. The summed E-state index contributed by atoms with van der Waals surface area (Å²) < 4.78 is 66.4. The Morgan fingerprint density at radius 1 is 1.23 bits per heavy atom. The van der Waals surface area contributed by atoms with Crippen molar-refractivity contribution in [3.05, 3.63) is 29.8 Å². The normalized spacial score (nSPS) is 16.9. The lowest BCUT2D eigenvalue weighted by Crippen LogP contribution is -2.46. The van der Waals surface area contributed by atoms with Crippen LogP contribution in [0.15, 0.2) is 29.2 Å². The van der Waals surface area contributed by atoms with Crippen molar-refractivity contribution in [3.63, 3.8) is 0 Å². The van der Waals surface area contributed by atoms with Crippen LogP contribution in [0.4, 0.5) is 13.2 Å². The molecule has 26 heavy (non-hydrogen) atoms. The van der Waals surface area contributed by atoms with E-state index in [1.165, 1.54) is 6.07 Å². The van der Waals surface area contributed by atoms with Crippen molar-refractivity contribution >= 4 is 15.9 Å². The monoisotopic (exact) mass is 392 g/mol. The number of halogens is 3. The maximum atomic E-state index is 13.1. The molecule has 1 N–H and O–H groups in total. The Hall–Kier alpha value is -1.61. The third-order valence-electron chi connectivity index (χ3n) is 4.23. The number of benzene rings is 1. The Kier molecular flexibility index (Phi) is 6.33. The van der Waals surface area contributed by atoms with E-state index in [9.17, 15) is 26.4 Å². The van der Waals surface area contributed by atoms with Crippen molar-refractivity contribution in [3.8, 4) is 0 Å². The topological polar surface area (TPSA) is 66.5 Å². The van der Waals surface area contributed by atoms with Crippen LogP contribution in [0.25, 0.3) is 0 Å². The number of nitrogens with zero attached hydrogens (tertiary/aromatic N) is 1. The van der Waals surface area contributed by atoms with Crippen molar-refractivity contribution in [2.75, 3.05) is 13.1 Å². The molecular formula is C17H23F3N2O3S. The summed E-state index contributed by atoms with van der Waals surface area (Å²) >= 11 is 0. The van der Waals surface area contributed by atoms with E-state index < -0.39 is 32.7 Å². The first-order valence-corrected chi connectivity index (χ1v) is 9.95. The smallest absolute Gasteiger partial charge is 0.343 e. The molecule has 1 aliphatic rings. The number of piperidine rings is 1. The third-order valence-corrected chi connectivity index (χ3v) is 5.81. The van der Waals surface area contributed by atoms with Gasteiger partial charge in [0.1, 0.15) is 0 Å². The van der Waals surface area contributed by atoms with E-state index in [1.807, 2.05) is 13.8 Å². The Morgan fingerprint density at radius 2 is 1.81 bits per heavy atom. The first-order chi connectivity index (χ1) is 12.0. The highest BCUT2D eigenvalue weighted by atomic mass is 32.2. The number of likely N-dealkylation sites (tertiary alicyclic amines) is 1. The minimum atomic E-state index is -4.75. The van der Waals surface area contributed by atoms with Gasteiger partial charge in [-0.15, -0.1) is 0 Å². The number of hydrogen-bond donors (Lipinski definition) is 1. The summed E-state index contributed by atoms with van der Waals surface area (Å²) in [5.74, 6) is 0.251. The van der Waals surface area contributed by atoms with Gasteiger partial charge in [0.25, 0.3) is 0 Å². The molecule has 146 valence electrons. The highest BCUT2D eigenvalue weighted by molar-refractivity contribution is 7.89.